The number of unbranched alkanes of at least 4 members (excludes halogenated alkanes) is 24. The van der Waals surface area contributed by atoms with Crippen molar-refractivity contribution in [3.63, 3.8) is 0 Å². The van der Waals surface area contributed by atoms with Crippen LogP contribution in [0.25, 0.3) is 0 Å². The molecule has 0 radical (unpaired) electrons. The Labute approximate surface area is 317 Å². The molecule has 0 aliphatic carbocycles. The summed E-state index contributed by atoms with van der Waals surface area (Å²) >= 11 is 0. The van der Waals surface area contributed by atoms with E-state index in [0.717, 1.165) is 48.3 Å². The third-order valence-corrected chi connectivity index (χ3v) is 10.2. The first-order valence-electron chi connectivity index (χ1n) is 21.4. The zero-order valence-corrected chi connectivity index (χ0v) is 33.2. The number of aryl methyl sites for hydroxylation is 2. The van der Waals surface area contributed by atoms with E-state index in [2.05, 4.69) is 23.8 Å². The van der Waals surface area contributed by atoms with E-state index < -0.39 is 0 Å². The van der Waals surface area contributed by atoms with Gasteiger partial charge in [-0.2, -0.15) is 9.98 Å². The average molecular weight is 717 g/mol. The highest BCUT2D eigenvalue weighted by Gasteiger charge is 2.08. The molecule has 0 fully saturated rings. The van der Waals surface area contributed by atoms with Gasteiger partial charge in [0.1, 0.15) is 24.7 Å². The summed E-state index contributed by atoms with van der Waals surface area (Å²) in [4.78, 5) is 29.9. The maximum absolute atomic E-state index is 11.0. The molecule has 6 heteroatoms. The van der Waals surface area contributed by atoms with Crippen LogP contribution < -0.4 is 9.47 Å². The predicted octanol–water partition coefficient (Wildman–Crippen LogP) is 14.3. The van der Waals surface area contributed by atoms with Crippen LogP contribution in [0.4, 0.5) is 11.4 Å². The highest BCUT2D eigenvalue weighted by Crippen LogP contribution is 2.28. The molecular formula is C46H72N2O4. The molecule has 0 aromatic heterocycles. The van der Waals surface area contributed by atoms with Gasteiger partial charge in [-0.3, -0.25) is 0 Å². The summed E-state index contributed by atoms with van der Waals surface area (Å²) in [5, 5.41) is 0. The summed E-state index contributed by atoms with van der Waals surface area (Å²) in [7, 11) is 0. The zero-order valence-electron chi connectivity index (χ0n) is 33.2. The second-order valence-electron chi connectivity index (χ2n) is 14.7. The third-order valence-electron chi connectivity index (χ3n) is 10.2. The molecule has 0 spiro atoms. The van der Waals surface area contributed by atoms with E-state index >= 15 is 0 Å². The van der Waals surface area contributed by atoms with Crippen molar-refractivity contribution in [1.82, 2.24) is 0 Å². The van der Waals surface area contributed by atoms with Crippen LogP contribution >= 0.6 is 0 Å². The summed E-state index contributed by atoms with van der Waals surface area (Å²) in [5.41, 5.74) is 3.39. The third kappa shape index (κ3) is 22.7. The zero-order chi connectivity index (χ0) is 37.2. The molecule has 0 aliphatic heterocycles. The second-order valence-corrected chi connectivity index (χ2v) is 14.7. The van der Waals surface area contributed by atoms with Gasteiger partial charge in [-0.05, 0) is 73.2 Å². The van der Waals surface area contributed by atoms with Crippen molar-refractivity contribution >= 4 is 23.5 Å². The Morgan fingerprint density at radius 3 is 1.00 bits per heavy atom. The van der Waals surface area contributed by atoms with Gasteiger partial charge in [-0.1, -0.05) is 168 Å². The van der Waals surface area contributed by atoms with Crippen molar-refractivity contribution in [3.8, 4) is 11.5 Å². The van der Waals surface area contributed by atoms with Crippen LogP contribution in [-0.4, -0.2) is 25.4 Å². The number of hydrogen-bond acceptors (Lipinski definition) is 6. The van der Waals surface area contributed by atoms with Crippen LogP contribution in [-0.2, 0) is 22.4 Å². The van der Waals surface area contributed by atoms with Gasteiger partial charge in [0.2, 0.25) is 12.2 Å². The molecule has 2 rings (SSSR count). The average Bonchev–Trinajstić information content (AvgIpc) is 3.15. The molecule has 0 bridgehead atoms. The number of aliphatic imine (C=N–C) groups is 2. The minimum absolute atomic E-state index is 0.386. The minimum Gasteiger partial charge on any atom is -0.490 e. The first kappa shape index (κ1) is 45.0. The Bertz CT molecular complexity index is 1170. The van der Waals surface area contributed by atoms with Crippen molar-refractivity contribution in [3.05, 3.63) is 47.5 Å². The van der Waals surface area contributed by atoms with Gasteiger partial charge < -0.3 is 9.47 Å². The Morgan fingerprint density at radius 2 is 0.712 bits per heavy atom. The molecule has 0 unspecified atom stereocenters. The maximum atomic E-state index is 11.0. The fourth-order valence-electron chi connectivity index (χ4n) is 7.01. The molecule has 0 N–H and O–H groups in total. The normalized spacial score (nSPS) is 10.9. The van der Waals surface area contributed by atoms with E-state index in [9.17, 15) is 9.59 Å². The summed E-state index contributed by atoms with van der Waals surface area (Å²) in [6, 6.07) is 11.4. The molecule has 0 amide bonds. The van der Waals surface area contributed by atoms with Crippen LogP contribution in [0.5, 0.6) is 11.5 Å². The Hall–Kier alpha value is -3.20. The van der Waals surface area contributed by atoms with Gasteiger partial charge in [-0.25, -0.2) is 9.59 Å². The molecule has 6 nitrogen and oxygen atoms in total. The summed E-state index contributed by atoms with van der Waals surface area (Å²) in [6.07, 6.45) is 39.4. The minimum atomic E-state index is 0.386. The van der Waals surface area contributed by atoms with Crippen LogP contribution in [0, 0.1) is 0 Å². The van der Waals surface area contributed by atoms with E-state index in [1.54, 1.807) is 12.2 Å². The summed E-state index contributed by atoms with van der Waals surface area (Å²) in [5.74, 6) is 1.49. The van der Waals surface area contributed by atoms with Crippen LogP contribution in [0.15, 0.2) is 46.4 Å². The van der Waals surface area contributed by atoms with Gasteiger partial charge in [0.25, 0.3) is 0 Å². The number of hydrogen-bond donors (Lipinski definition) is 0. The van der Waals surface area contributed by atoms with Crippen molar-refractivity contribution in [2.45, 2.75) is 194 Å². The van der Waals surface area contributed by atoms with Gasteiger partial charge in [-0.15, -0.1) is 0 Å². The van der Waals surface area contributed by atoms with Crippen LogP contribution in [0.1, 0.15) is 192 Å². The number of nitrogens with zero attached hydrogens (tertiary/aromatic N) is 2. The summed E-state index contributed by atoms with van der Waals surface area (Å²) in [6.45, 7) is 5.32. The molecule has 0 saturated carbocycles. The molecule has 0 heterocycles. The van der Waals surface area contributed by atoms with Gasteiger partial charge in [0, 0.05) is 0 Å². The smallest absolute Gasteiger partial charge is 0.240 e. The lowest BCUT2D eigenvalue weighted by Crippen LogP contribution is -2.09. The van der Waals surface area contributed by atoms with Crippen molar-refractivity contribution < 1.29 is 19.1 Å². The van der Waals surface area contributed by atoms with Crippen LogP contribution in [0.3, 0.4) is 0 Å². The highest BCUT2D eigenvalue weighted by molar-refractivity contribution is 5.56. The fourth-order valence-corrected chi connectivity index (χ4v) is 7.01. The number of carbonyl (C=O) groups excluding carboxylic acids is 2. The molecule has 0 saturated heterocycles. The van der Waals surface area contributed by atoms with Crippen molar-refractivity contribution in [2.75, 3.05) is 13.2 Å². The van der Waals surface area contributed by atoms with E-state index in [4.69, 9.17) is 9.47 Å². The number of benzene rings is 2. The Morgan fingerprint density at radius 1 is 0.423 bits per heavy atom. The fraction of sp³-hybridized carbons (Fsp3) is 0.696. The first-order valence-corrected chi connectivity index (χ1v) is 21.4. The highest BCUT2D eigenvalue weighted by atomic mass is 16.5. The topological polar surface area (TPSA) is 77.3 Å². The number of isocyanates is 2. The van der Waals surface area contributed by atoms with Crippen molar-refractivity contribution in [2.24, 2.45) is 9.98 Å². The van der Waals surface area contributed by atoms with Crippen LogP contribution in [0.2, 0.25) is 0 Å². The lowest BCUT2D eigenvalue weighted by atomic mass is 10.0. The molecular weight excluding hydrogens is 645 g/mol. The first-order chi connectivity index (χ1) is 25.7. The molecule has 290 valence electrons. The Kier molecular flexibility index (Phi) is 28.1. The quantitative estimate of drug-likeness (QED) is 0.0404. The van der Waals surface area contributed by atoms with E-state index in [-0.39, 0.29) is 0 Å². The monoisotopic (exact) mass is 717 g/mol. The molecule has 0 atom stereocenters. The van der Waals surface area contributed by atoms with E-state index in [1.165, 1.54) is 154 Å². The number of rotatable bonds is 35. The molecule has 2 aromatic carbocycles. The molecule has 52 heavy (non-hydrogen) atoms. The van der Waals surface area contributed by atoms with Crippen molar-refractivity contribution in [1.29, 1.82) is 0 Å². The van der Waals surface area contributed by atoms with Gasteiger partial charge in [0.05, 0.1) is 11.4 Å². The lowest BCUT2D eigenvalue weighted by molar-refractivity contribution is 0.217. The number of ether oxygens (including phenoxy) is 2. The van der Waals surface area contributed by atoms with E-state index in [1.807, 2.05) is 36.4 Å². The predicted molar refractivity (Wildman–Crippen MR) is 218 cm³/mol. The standard InChI is InChI=1S/C46H72N2O4/c1-3-5-7-9-11-13-15-17-19-21-23-25-27-29-41-37-43(31-33-45(41)47-39-49)51-35-36-52-44-32-34-46(48-40-50)42(38-44)30-28-26-24-22-20-18-16-14-12-10-8-6-4-2/h31-34,37-38H,3-30,35-36H2,1-2H3. The molecule has 0 aliphatic rings. The maximum Gasteiger partial charge on any atom is 0.240 e. The Balaban J connectivity index is 1.67. The largest absolute Gasteiger partial charge is 0.490 e. The van der Waals surface area contributed by atoms with Gasteiger partial charge >= 0.3 is 0 Å². The van der Waals surface area contributed by atoms with E-state index in [0.29, 0.717) is 24.6 Å². The molecule has 2 aromatic rings. The lowest BCUT2D eigenvalue weighted by Gasteiger charge is -2.12. The van der Waals surface area contributed by atoms with Gasteiger partial charge in [0.15, 0.2) is 0 Å². The SMILES string of the molecule is CCCCCCCCCCCCCCCc1cc(OCCOc2ccc(N=C=O)c(CCCCCCCCCCCCCCC)c2)ccc1N=C=O. The second kappa shape index (κ2) is 32.5. The summed E-state index contributed by atoms with van der Waals surface area (Å²) < 4.78 is 12.1.